The molecular weight excluding hydrogens is 348 g/mol. The molecule has 136 valence electrons. The standard InChI is InChI=1S/C19H22N4O2S/c1-11(2)18-21-16-17(26-18)13(4)22-23(19(16)25)10-15(24)20-12(3)14-8-6-5-7-9-14/h5-9,11-12H,10H2,1-4H3,(H,20,24)/t12-/m0/s1. The van der Waals surface area contributed by atoms with E-state index in [1.54, 1.807) is 0 Å². The van der Waals surface area contributed by atoms with Crippen molar-refractivity contribution in [2.75, 3.05) is 0 Å². The van der Waals surface area contributed by atoms with E-state index in [9.17, 15) is 9.59 Å². The number of rotatable bonds is 5. The van der Waals surface area contributed by atoms with Crippen molar-refractivity contribution in [3.63, 3.8) is 0 Å². The minimum atomic E-state index is -0.323. The molecule has 6 nitrogen and oxygen atoms in total. The molecule has 0 saturated heterocycles. The van der Waals surface area contributed by atoms with Crippen LogP contribution >= 0.6 is 11.3 Å². The van der Waals surface area contributed by atoms with E-state index in [1.807, 2.05) is 58.0 Å². The number of aromatic nitrogens is 3. The molecule has 0 saturated carbocycles. The summed E-state index contributed by atoms with van der Waals surface area (Å²) in [6, 6.07) is 9.55. The zero-order valence-electron chi connectivity index (χ0n) is 15.3. The Morgan fingerprint density at radius 1 is 1.23 bits per heavy atom. The summed E-state index contributed by atoms with van der Waals surface area (Å²) in [6.45, 7) is 7.70. The first kappa shape index (κ1) is 18.3. The molecule has 0 aliphatic rings. The molecule has 0 spiro atoms. The third-order valence-corrected chi connectivity index (χ3v) is 5.61. The van der Waals surface area contributed by atoms with Gasteiger partial charge in [-0.2, -0.15) is 5.10 Å². The van der Waals surface area contributed by atoms with Gasteiger partial charge in [0, 0.05) is 5.92 Å². The molecule has 2 heterocycles. The second-order valence-corrected chi connectivity index (χ2v) is 7.66. The van der Waals surface area contributed by atoms with Crippen molar-refractivity contribution in [1.29, 1.82) is 0 Å². The first-order valence-corrected chi connectivity index (χ1v) is 9.41. The van der Waals surface area contributed by atoms with Crippen LogP contribution in [0.5, 0.6) is 0 Å². The largest absolute Gasteiger partial charge is 0.348 e. The smallest absolute Gasteiger partial charge is 0.294 e. The van der Waals surface area contributed by atoms with E-state index in [1.165, 1.54) is 16.0 Å². The van der Waals surface area contributed by atoms with Crippen LogP contribution in [-0.4, -0.2) is 20.7 Å². The van der Waals surface area contributed by atoms with Crippen molar-refractivity contribution < 1.29 is 4.79 Å². The third kappa shape index (κ3) is 3.67. The summed E-state index contributed by atoms with van der Waals surface area (Å²) in [5.41, 5.74) is 1.80. The molecule has 0 radical (unpaired) electrons. The highest BCUT2D eigenvalue weighted by molar-refractivity contribution is 7.18. The topological polar surface area (TPSA) is 76.9 Å². The highest BCUT2D eigenvalue weighted by Gasteiger charge is 2.17. The Bertz CT molecular complexity index is 992. The number of thiazole rings is 1. The molecule has 0 aliphatic carbocycles. The lowest BCUT2D eigenvalue weighted by molar-refractivity contribution is -0.122. The average Bonchev–Trinajstić information content (AvgIpc) is 3.06. The second-order valence-electron chi connectivity index (χ2n) is 6.63. The quantitative estimate of drug-likeness (QED) is 0.748. The van der Waals surface area contributed by atoms with Crippen molar-refractivity contribution >= 4 is 27.5 Å². The number of hydrogen-bond acceptors (Lipinski definition) is 5. The maximum absolute atomic E-state index is 12.7. The monoisotopic (exact) mass is 370 g/mol. The van der Waals surface area contributed by atoms with Gasteiger partial charge < -0.3 is 5.32 Å². The summed E-state index contributed by atoms with van der Waals surface area (Å²) in [5.74, 6) is -0.0105. The van der Waals surface area contributed by atoms with Crippen LogP contribution in [-0.2, 0) is 11.3 Å². The highest BCUT2D eigenvalue weighted by atomic mass is 32.1. The molecule has 26 heavy (non-hydrogen) atoms. The fourth-order valence-corrected chi connectivity index (χ4v) is 3.72. The van der Waals surface area contributed by atoms with Gasteiger partial charge in [0.15, 0.2) is 5.52 Å². The van der Waals surface area contributed by atoms with E-state index in [0.29, 0.717) is 11.2 Å². The Morgan fingerprint density at radius 2 is 1.92 bits per heavy atom. The number of carbonyl (C=O) groups is 1. The van der Waals surface area contributed by atoms with Gasteiger partial charge in [0.2, 0.25) is 5.91 Å². The maximum atomic E-state index is 12.7. The number of nitrogens with one attached hydrogen (secondary N) is 1. The Balaban J connectivity index is 1.83. The predicted molar refractivity (Wildman–Crippen MR) is 104 cm³/mol. The van der Waals surface area contributed by atoms with E-state index in [0.717, 1.165) is 15.3 Å². The van der Waals surface area contributed by atoms with E-state index in [2.05, 4.69) is 15.4 Å². The van der Waals surface area contributed by atoms with Gasteiger partial charge in [0.1, 0.15) is 6.54 Å². The SMILES string of the molecule is Cc1nn(CC(=O)N[C@@H](C)c2ccccc2)c(=O)c2nc(C(C)C)sc12. The Labute approximate surface area is 155 Å². The molecular formula is C19H22N4O2S. The van der Waals surface area contributed by atoms with Crippen molar-refractivity contribution in [2.24, 2.45) is 0 Å². The van der Waals surface area contributed by atoms with Crippen molar-refractivity contribution in [3.8, 4) is 0 Å². The van der Waals surface area contributed by atoms with Gasteiger partial charge in [-0.1, -0.05) is 44.2 Å². The van der Waals surface area contributed by atoms with Crippen LogP contribution in [0.15, 0.2) is 35.1 Å². The van der Waals surface area contributed by atoms with Crippen LogP contribution in [0.2, 0.25) is 0 Å². The highest BCUT2D eigenvalue weighted by Crippen LogP contribution is 2.26. The number of aryl methyl sites for hydroxylation is 1. The van der Waals surface area contributed by atoms with Crippen molar-refractivity contribution in [3.05, 3.63) is 57.0 Å². The van der Waals surface area contributed by atoms with Crippen LogP contribution in [0, 0.1) is 6.92 Å². The number of hydrogen-bond donors (Lipinski definition) is 1. The van der Waals surface area contributed by atoms with Crippen LogP contribution in [0.1, 0.15) is 49.0 Å². The maximum Gasteiger partial charge on any atom is 0.294 e. The number of fused-ring (bicyclic) bond motifs is 1. The van der Waals surface area contributed by atoms with Gasteiger partial charge in [-0.15, -0.1) is 11.3 Å². The fourth-order valence-electron chi connectivity index (χ4n) is 2.72. The molecule has 1 atom stereocenters. The van der Waals surface area contributed by atoms with Crippen molar-refractivity contribution in [2.45, 2.75) is 46.2 Å². The Kier molecular flexibility index (Phi) is 5.18. The van der Waals surface area contributed by atoms with Crippen molar-refractivity contribution in [1.82, 2.24) is 20.1 Å². The van der Waals surface area contributed by atoms with Crippen LogP contribution in [0.25, 0.3) is 10.2 Å². The number of benzene rings is 1. The molecule has 0 fully saturated rings. The van der Waals surface area contributed by atoms with E-state index < -0.39 is 0 Å². The molecule has 0 aliphatic heterocycles. The van der Waals surface area contributed by atoms with Gasteiger partial charge in [0.05, 0.1) is 21.4 Å². The van der Waals surface area contributed by atoms with Gasteiger partial charge in [0.25, 0.3) is 5.56 Å². The normalized spacial score (nSPS) is 12.5. The summed E-state index contributed by atoms with van der Waals surface area (Å²) in [6.07, 6.45) is 0. The zero-order chi connectivity index (χ0) is 18.8. The van der Waals surface area contributed by atoms with Gasteiger partial charge in [-0.3, -0.25) is 9.59 Å². The predicted octanol–water partition coefficient (Wildman–Crippen LogP) is 3.16. The lowest BCUT2D eigenvalue weighted by Crippen LogP contribution is -2.35. The summed E-state index contributed by atoms with van der Waals surface area (Å²) < 4.78 is 2.00. The molecule has 7 heteroatoms. The van der Waals surface area contributed by atoms with E-state index >= 15 is 0 Å². The first-order valence-electron chi connectivity index (χ1n) is 8.59. The Morgan fingerprint density at radius 3 is 2.58 bits per heavy atom. The molecule has 3 rings (SSSR count). The molecule has 0 unspecified atom stereocenters. The molecule has 1 N–H and O–H groups in total. The number of nitrogens with zero attached hydrogens (tertiary/aromatic N) is 3. The lowest BCUT2D eigenvalue weighted by atomic mass is 10.1. The van der Waals surface area contributed by atoms with Crippen LogP contribution in [0.3, 0.4) is 0 Å². The second kappa shape index (κ2) is 7.37. The summed E-state index contributed by atoms with van der Waals surface area (Å²) in [7, 11) is 0. The average molecular weight is 370 g/mol. The fraction of sp³-hybridized carbons (Fsp3) is 0.368. The molecule has 1 amide bonds. The summed E-state index contributed by atoms with van der Waals surface area (Å²) in [4.78, 5) is 29.5. The third-order valence-electron chi connectivity index (χ3n) is 4.14. The molecule has 0 bridgehead atoms. The van der Waals surface area contributed by atoms with Crippen LogP contribution in [0.4, 0.5) is 0 Å². The summed E-state index contributed by atoms with van der Waals surface area (Å²) >= 11 is 1.49. The minimum absolute atomic E-state index is 0.124. The summed E-state index contributed by atoms with van der Waals surface area (Å²) in [5, 5.41) is 8.12. The number of carbonyl (C=O) groups excluding carboxylic acids is 1. The van der Waals surface area contributed by atoms with Gasteiger partial charge in [-0.05, 0) is 19.4 Å². The Hall–Kier alpha value is -2.54. The lowest BCUT2D eigenvalue weighted by Gasteiger charge is -2.14. The molecule has 2 aromatic heterocycles. The molecule has 3 aromatic rings. The zero-order valence-corrected chi connectivity index (χ0v) is 16.1. The minimum Gasteiger partial charge on any atom is -0.348 e. The van der Waals surface area contributed by atoms with E-state index in [-0.39, 0.29) is 30.0 Å². The van der Waals surface area contributed by atoms with Crippen LogP contribution < -0.4 is 10.9 Å². The van der Waals surface area contributed by atoms with Gasteiger partial charge in [-0.25, -0.2) is 9.67 Å². The molecule has 1 aromatic carbocycles. The number of amides is 1. The van der Waals surface area contributed by atoms with Gasteiger partial charge >= 0.3 is 0 Å². The van der Waals surface area contributed by atoms with E-state index in [4.69, 9.17) is 0 Å². The first-order chi connectivity index (χ1) is 12.4.